The van der Waals surface area contributed by atoms with Crippen molar-refractivity contribution in [1.82, 2.24) is 19.3 Å². The Kier molecular flexibility index (Phi) is 3.85. The second-order valence-corrected chi connectivity index (χ2v) is 7.09. The average molecular weight is 356 g/mol. The number of amides is 1. The van der Waals surface area contributed by atoms with E-state index in [-0.39, 0.29) is 5.91 Å². The molecule has 4 heterocycles. The number of hydrogen-bond donors (Lipinski definition) is 0. The smallest absolute Gasteiger partial charge is 0.272 e. The van der Waals surface area contributed by atoms with E-state index >= 15 is 0 Å². The van der Waals surface area contributed by atoms with Gasteiger partial charge in [-0.05, 0) is 37.1 Å². The van der Waals surface area contributed by atoms with Crippen LogP contribution in [0.2, 0.25) is 0 Å². The first-order valence-electron chi connectivity index (χ1n) is 9.37. The van der Waals surface area contributed by atoms with Crippen LogP contribution < -0.4 is 0 Å². The van der Waals surface area contributed by atoms with Crippen molar-refractivity contribution >= 4 is 22.5 Å². The molecule has 0 radical (unpaired) electrons. The van der Waals surface area contributed by atoms with Crippen LogP contribution in [-0.4, -0.2) is 38.3 Å². The standard InChI is InChI=1S/C22H20N4O/c27-22(19-11-10-16-5-1-2-7-18(16)24-19)25-13-4-6-17(15-25)20-8-3-9-21-23-12-14-26(20)21/h1-3,5,7-12,14,17H,4,6,13,15H2/t17-/m0/s1. The van der Waals surface area contributed by atoms with Crippen LogP contribution in [0, 0.1) is 0 Å². The van der Waals surface area contributed by atoms with Crippen molar-refractivity contribution < 1.29 is 4.79 Å². The third kappa shape index (κ3) is 2.85. The summed E-state index contributed by atoms with van der Waals surface area (Å²) in [5, 5.41) is 1.05. The topological polar surface area (TPSA) is 50.5 Å². The van der Waals surface area contributed by atoms with Gasteiger partial charge in [0.1, 0.15) is 11.3 Å². The van der Waals surface area contributed by atoms with Gasteiger partial charge >= 0.3 is 0 Å². The highest BCUT2D eigenvalue weighted by Gasteiger charge is 2.27. The monoisotopic (exact) mass is 356 g/mol. The molecule has 0 unspecified atom stereocenters. The Hall–Kier alpha value is -3.21. The Morgan fingerprint density at radius 3 is 2.93 bits per heavy atom. The molecule has 3 aromatic heterocycles. The van der Waals surface area contributed by atoms with Crippen LogP contribution in [0.4, 0.5) is 0 Å². The Balaban J connectivity index is 1.43. The molecule has 5 nitrogen and oxygen atoms in total. The minimum Gasteiger partial charge on any atom is -0.337 e. The molecule has 1 aliphatic heterocycles. The van der Waals surface area contributed by atoms with Crippen LogP contribution in [-0.2, 0) is 0 Å². The van der Waals surface area contributed by atoms with Crippen molar-refractivity contribution in [3.8, 4) is 0 Å². The molecule has 0 bridgehead atoms. The molecule has 0 saturated carbocycles. The maximum Gasteiger partial charge on any atom is 0.272 e. The summed E-state index contributed by atoms with van der Waals surface area (Å²) in [5.74, 6) is 0.323. The molecular formula is C22H20N4O. The van der Waals surface area contributed by atoms with Crippen molar-refractivity contribution in [2.75, 3.05) is 13.1 Å². The fourth-order valence-corrected chi connectivity index (χ4v) is 4.05. The quantitative estimate of drug-likeness (QED) is 0.547. The van der Waals surface area contributed by atoms with Gasteiger partial charge in [0, 0.05) is 42.5 Å². The van der Waals surface area contributed by atoms with Gasteiger partial charge in [-0.2, -0.15) is 0 Å². The fraction of sp³-hybridized carbons (Fsp3) is 0.227. The molecule has 1 amide bonds. The summed E-state index contributed by atoms with van der Waals surface area (Å²) < 4.78 is 2.13. The van der Waals surface area contributed by atoms with Crippen molar-refractivity contribution in [2.24, 2.45) is 0 Å². The van der Waals surface area contributed by atoms with Crippen molar-refractivity contribution in [3.05, 3.63) is 78.4 Å². The molecule has 27 heavy (non-hydrogen) atoms. The number of para-hydroxylation sites is 1. The zero-order chi connectivity index (χ0) is 18.2. The summed E-state index contributed by atoms with van der Waals surface area (Å²) in [6.45, 7) is 1.49. The number of carbonyl (C=O) groups is 1. The predicted octanol–water partition coefficient (Wildman–Crippen LogP) is 3.90. The molecule has 5 rings (SSSR count). The second kappa shape index (κ2) is 6.50. The van der Waals surface area contributed by atoms with Gasteiger partial charge in [0.2, 0.25) is 0 Å². The van der Waals surface area contributed by atoms with Gasteiger partial charge in [-0.1, -0.05) is 30.3 Å². The number of nitrogens with zero attached hydrogens (tertiary/aromatic N) is 4. The highest BCUT2D eigenvalue weighted by atomic mass is 16.2. The molecule has 134 valence electrons. The van der Waals surface area contributed by atoms with E-state index in [1.807, 2.05) is 65.8 Å². The molecule has 0 N–H and O–H groups in total. The molecular weight excluding hydrogens is 336 g/mol. The lowest BCUT2D eigenvalue weighted by atomic mass is 9.93. The average Bonchev–Trinajstić information content (AvgIpc) is 3.22. The molecule has 4 aromatic rings. The molecule has 1 aromatic carbocycles. The van der Waals surface area contributed by atoms with Crippen LogP contribution in [0.25, 0.3) is 16.6 Å². The van der Waals surface area contributed by atoms with Gasteiger partial charge in [0.15, 0.2) is 0 Å². The Bertz CT molecular complexity index is 1130. The lowest BCUT2D eigenvalue weighted by molar-refractivity contribution is 0.0700. The first-order chi connectivity index (χ1) is 13.3. The Morgan fingerprint density at radius 1 is 1.04 bits per heavy atom. The van der Waals surface area contributed by atoms with Gasteiger partial charge in [-0.15, -0.1) is 0 Å². The number of carbonyl (C=O) groups excluding carboxylic acids is 1. The first-order valence-corrected chi connectivity index (χ1v) is 9.37. The maximum atomic E-state index is 13.1. The number of imidazole rings is 1. The molecule has 1 aliphatic rings. The lowest BCUT2D eigenvalue weighted by Crippen LogP contribution is -2.39. The summed E-state index contributed by atoms with van der Waals surface area (Å²) in [5.41, 5.74) is 3.55. The molecule has 0 aliphatic carbocycles. The summed E-state index contributed by atoms with van der Waals surface area (Å²) in [7, 11) is 0. The zero-order valence-corrected chi connectivity index (χ0v) is 15.0. The summed E-state index contributed by atoms with van der Waals surface area (Å²) in [6, 6.07) is 17.9. The highest BCUT2D eigenvalue weighted by molar-refractivity contribution is 5.95. The van der Waals surface area contributed by atoms with E-state index in [0.29, 0.717) is 18.2 Å². The van der Waals surface area contributed by atoms with E-state index in [1.54, 1.807) is 0 Å². The van der Waals surface area contributed by atoms with Crippen LogP contribution in [0.1, 0.15) is 34.9 Å². The zero-order valence-electron chi connectivity index (χ0n) is 15.0. The van der Waals surface area contributed by atoms with Gasteiger partial charge in [-0.25, -0.2) is 9.97 Å². The summed E-state index contributed by atoms with van der Waals surface area (Å²) >= 11 is 0. The third-order valence-corrected chi connectivity index (χ3v) is 5.40. The predicted molar refractivity (Wildman–Crippen MR) is 105 cm³/mol. The molecule has 5 heteroatoms. The van der Waals surface area contributed by atoms with Crippen molar-refractivity contribution in [3.63, 3.8) is 0 Å². The van der Waals surface area contributed by atoms with Gasteiger partial charge in [-0.3, -0.25) is 4.79 Å². The van der Waals surface area contributed by atoms with Crippen molar-refractivity contribution in [1.29, 1.82) is 0 Å². The second-order valence-electron chi connectivity index (χ2n) is 7.09. The van der Waals surface area contributed by atoms with Crippen LogP contribution in [0.5, 0.6) is 0 Å². The molecule has 0 spiro atoms. The number of aromatic nitrogens is 3. The third-order valence-electron chi connectivity index (χ3n) is 5.40. The maximum absolute atomic E-state index is 13.1. The molecule has 1 fully saturated rings. The van der Waals surface area contributed by atoms with Crippen LogP contribution in [0.15, 0.2) is 67.0 Å². The van der Waals surface area contributed by atoms with E-state index in [1.165, 1.54) is 5.69 Å². The van der Waals surface area contributed by atoms with E-state index in [2.05, 4.69) is 20.4 Å². The number of fused-ring (bicyclic) bond motifs is 2. The van der Waals surface area contributed by atoms with E-state index in [9.17, 15) is 4.79 Å². The van der Waals surface area contributed by atoms with Crippen LogP contribution in [0.3, 0.4) is 0 Å². The Morgan fingerprint density at radius 2 is 1.96 bits per heavy atom. The van der Waals surface area contributed by atoms with Gasteiger partial charge in [0.25, 0.3) is 5.91 Å². The van der Waals surface area contributed by atoms with E-state index in [4.69, 9.17) is 0 Å². The Labute approximate surface area is 157 Å². The summed E-state index contributed by atoms with van der Waals surface area (Å²) in [6.07, 6.45) is 5.89. The number of piperidine rings is 1. The SMILES string of the molecule is O=C(c1ccc2ccccc2n1)N1CCC[C@H](c2cccc3nccn23)C1. The highest BCUT2D eigenvalue weighted by Crippen LogP contribution is 2.28. The van der Waals surface area contributed by atoms with Gasteiger partial charge in [0.05, 0.1) is 5.52 Å². The van der Waals surface area contributed by atoms with Crippen molar-refractivity contribution in [2.45, 2.75) is 18.8 Å². The van der Waals surface area contributed by atoms with E-state index in [0.717, 1.165) is 35.9 Å². The number of rotatable bonds is 2. The first kappa shape index (κ1) is 16.0. The minimum atomic E-state index is 0.0169. The fourth-order valence-electron chi connectivity index (χ4n) is 4.05. The molecule has 1 atom stereocenters. The minimum absolute atomic E-state index is 0.0169. The summed E-state index contributed by atoms with van der Waals surface area (Å²) in [4.78, 5) is 24.0. The number of benzene rings is 1. The number of pyridine rings is 2. The normalized spacial score (nSPS) is 17.5. The van der Waals surface area contributed by atoms with E-state index < -0.39 is 0 Å². The molecule has 1 saturated heterocycles. The largest absolute Gasteiger partial charge is 0.337 e. The lowest BCUT2D eigenvalue weighted by Gasteiger charge is -2.33. The van der Waals surface area contributed by atoms with Gasteiger partial charge < -0.3 is 9.30 Å². The number of likely N-dealkylation sites (tertiary alicyclic amines) is 1. The number of hydrogen-bond acceptors (Lipinski definition) is 3. The van der Waals surface area contributed by atoms with Crippen LogP contribution >= 0.6 is 0 Å².